The number of aromatic hydroxyl groups is 1. The van der Waals surface area contributed by atoms with E-state index in [4.69, 9.17) is 5.73 Å². The minimum Gasteiger partial charge on any atom is -0.508 e. The maximum Gasteiger partial charge on any atom is 0.246 e. The van der Waals surface area contributed by atoms with E-state index < -0.39 is 29.9 Å². The number of benzene rings is 1. The van der Waals surface area contributed by atoms with E-state index in [9.17, 15) is 24.3 Å². The Labute approximate surface area is 162 Å². The molecule has 5 N–H and O–H groups in total. The summed E-state index contributed by atoms with van der Waals surface area (Å²) in [6, 6.07) is 4.06. The van der Waals surface area contributed by atoms with Crippen molar-refractivity contribution in [3.05, 3.63) is 29.8 Å². The molecule has 0 bridgehead atoms. The summed E-state index contributed by atoms with van der Waals surface area (Å²) in [7, 11) is 0. The second-order valence-corrected chi connectivity index (χ2v) is 7.18. The highest BCUT2D eigenvalue weighted by molar-refractivity contribution is 5.95. The van der Waals surface area contributed by atoms with Crippen LogP contribution < -0.4 is 16.4 Å². The van der Waals surface area contributed by atoms with Crippen molar-refractivity contribution in [1.82, 2.24) is 15.5 Å². The Morgan fingerprint density at radius 2 is 1.96 bits per heavy atom. The number of likely N-dealkylation sites (tertiary alicyclic amines) is 1. The Morgan fingerprint density at radius 3 is 2.57 bits per heavy atom. The number of hydrogen-bond donors (Lipinski definition) is 4. The first kappa shape index (κ1) is 19.7. The number of carbonyl (C=O) groups excluding carboxylic acids is 4. The summed E-state index contributed by atoms with van der Waals surface area (Å²) in [6.45, 7) is 0.397. The van der Waals surface area contributed by atoms with Gasteiger partial charge in [0, 0.05) is 19.4 Å². The third-order valence-corrected chi connectivity index (χ3v) is 5.17. The van der Waals surface area contributed by atoms with Crippen molar-refractivity contribution in [2.75, 3.05) is 6.54 Å². The fourth-order valence-electron chi connectivity index (χ4n) is 3.68. The fourth-order valence-corrected chi connectivity index (χ4v) is 3.68. The van der Waals surface area contributed by atoms with Crippen molar-refractivity contribution >= 4 is 23.6 Å². The van der Waals surface area contributed by atoms with Gasteiger partial charge < -0.3 is 26.4 Å². The number of nitrogens with two attached hydrogens (primary N) is 1. The maximum atomic E-state index is 13.1. The molecular weight excluding hydrogens is 364 g/mol. The molecule has 9 nitrogen and oxygen atoms in total. The Hall–Kier alpha value is -3.10. The zero-order valence-corrected chi connectivity index (χ0v) is 15.4. The summed E-state index contributed by atoms with van der Waals surface area (Å²) in [6.07, 6.45) is 1.99. The van der Waals surface area contributed by atoms with Crippen LogP contribution in [0.3, 0.4) is 0 Å². The summed E-state index contributed by atoms with van der Waals surface area (Å²) in [5, 5.41) is 14.7. The highest BCUT2D eigenvalue weighted by atomic mass is 16.3. The molecule has 3 rings (SSSR count). The van der Waals surface area contributed by atoms with Crippen LogP contribution in [0.4, 0.5) is 0 Å². The molecule has 0 aromatic heterocycles. The van der Waals surface area contributed by atoms with Crippen LogP contribution in [-0.2, 0) is 25.6 Å². The molecule has 0 spiro atoms. The molecule has 2 saturated heterocycles. The predicted molar refractivity (Wildman–Crippen MR) is 98.8 cm³/mol. The molecule has 0 unspecified atom stereocenters. The lowest BCUT2D eigenvalue weighted by Crippen LogP contribution is -2.56. The smallest absolute Gasteiger partial charge is 0.246 e. The normalized spacial score (nSPS) is 22.6. The molecule has 2 aliphatic rings. The van der Waals surface area contributed by atoms with Gasteiger partial charge in [-0.3, -0.25) is 19.2 Å². The first-order valence-corrected chi connectivity index (χ1v) is 9.32. The van der Waals surface area contributed by atoms with Crippen LogP contribution in [0.2, 0.25) is 0 Å². The molecule has 1 aromatic rings. The van der Waals surface area contributed by atoms with Gasteiger partial charge in [-0.2, -0.15) is 0 Å². The van der Waals surface area contributed by atoms with E-state index in [0.717, 1.165) is 5.56 Å². The molecule has 9 heteroatoms. The van der Waals surface area contributed by atoms with Crippen LogP contribution in [0, 0.1) is 0 Å². The Morgan fingerprint density at radius 1 is 1.25 bits per heavy atom. The molecule has 150 valence electrons. The number of amides is 4. The summed E-state index contributed by atoms with van der Waals surface area (Å²) < 4.78 is 0. The van der Waals surface area contributed by atoms with Crippen molar-refractivity contribution < 1.29 is 24.3 Å². The van der Waals surface area contributed by atoms with Gasteiger partial charge in [0.2, 0.25) is 23.6 Å². The molecule has 0 saturated carbocycles. The highest BCUT2D eigenvalue weighted by Crippen LogP contribution is 2.20. The molecule has 2 heterocycles. The number of phenols is 1. The first-order chi connectivity index (χ1) is 13.3. The number of carbonyl (C=O) groups is 4. The number of primary amides is 1. The number of nitrogens with one attached hydrogen (secondary N) is 2. The monoisotopic (exact) mass is 388 g/mol. The van der Waals surface area contributed by atoms with Gasteiger partial charge in [-0.1, -0.05) is 12.1 Å². The second-order valence-electron chi connectivity index (χ2n) is 7.18. The van der Waals surface area contributed by atoms with E-state index in [2.05, 4.69) is 10.6 Å². The highest BCUT2D eigenvalue weighted by Gasteiger charge is 2.38. The molecule has 4 amide bonds. The number of phenolic OH excluding ortho intramolecular Hbond substituents is 1. The minimum absolute atomic E-state index is 0.0951. The van der Waals surface area contributed by atoms with Crippen molar-refractivity contribution in [1.29, 1.82) is 0 Å². The molecule has 1 aromatic carbocycles. The van der Waals surface area contributed by atoms with Gasteiger partial charge >= 0.3 is 0 Å². The Balaban J connectivity index is 1.77. The van der Waals surface area contributed by atoms with E-state index in [1.165, 1.54) is 17.0 Å². The van der Waals surface area contributed by atoms with Crippen LogP contribution in [0.15, 0.2) is 24.3 Å². The second kappa shape index (κ2) is 8.28. The largest absolute Gasteiger partial charge is 0.508 e. The zero-order chi connectivity index (χ0) is 20.3. The average Bonchev–Trinajstić information content (AvgIpc) is 3.31. The lowest BCUT2D eigenvalue weighted by molar-refractivity contribution is -0.140. The van der Waals surface area contributed by atoms with Crippen LogP contribution in [0.5, 0.6) is 5.75 Å². The molecule has 0 aliphatic carbocycles. The van der Waals surface area contributed by atoms with E-state index in [0.29, 0.717) is 25.8 Å². The summed E-state index contributed by atoms with van der Waals surface area (Å²) in [5.74, 6) is -1.49. The quantitative estimate of drug-likeness (QED) is 0.503. The van der Waals surface area contributed by atoms with E-state index in [-0.39, 0.29) is 30.4 Å². The van der Waals surface area contributed by atoms with E-state index in [1.54, 1.807) is 12.1 Å². The van der Waals surface area contributed by atoms with Crippen LogP contribution >= 0.6 is 0 Å². The summed E-state index contributed by atoms with van der Waals surface area (Å²) in [5.41, 5.74) is 6.15. The third kappa shape index (κ3) is 4.41. The van der Waals surface area contributed by atoms with Crippen molar-refractivity contribution in [3.63, 3.8) is 0 Å². The van der Waals surface area contributed by atoms with E-state index >= 15 is 0 Å². The fraction of sp³-hybridized carbons (Fsp3) is 0.474. The number of nitrogens with zero attached hydrogens (tertiary/aromatic N) is 1. The maximum absolute atomic E-state index is 13.1. The topological polar surface area (TPSA) is 142 Å². The SMILES string of the molecule is NC(=O)[C@@H]1CCCN1C(=O)[C@@H](Cc1ccc(O)cc1)NC(=O)[C@@H]1CCC(=O)N1. The van der Waals surface area contributed by atoms with Gasteiger partial charge in [0.1, 0.15) is 23.9 Å². The van der Waals surface area contributed by atoms with E-state index in [1.807, 2.05) is 0 Å². The predicted octanol–water partition coefficient (Wildman–Crippen LogP) is -0.826. The van der Waals surface area contributed by atoms with Crippen LogP contribution in [0.1, 0.15) is 31.2 Å². The van der Waals surface area contributed by atoms with Crippen LogP contribution in [-0.4, -0.2) is 58.3 Å². The van der Waals surface area contributed by atoms with Gasteiger partial charge in [-0.05, 0) is 37.0 Å². The number of rotatable bonds is 6. The lowest BCUT2D eigenvalue weighted by Gasteiger charge is -2.28. The molecule has 2 aliphatic heterocycles. The Bertz CT molecular complexity index is 779. The lowest BCUT2D eigenvalue weighted by atomic mass is 10.0. The van der Waals surface area contributed by atoms with Gasteiger partial charge in [-0.25, -0.2) is 0 Å². The molecular formula is C19H24N4O5. The standard InChI is InChI=1S/C19H24N4O5/c20-17(26)15-2-1-9-23(15)19(28)14(10-11-3-5-12(24)6-4-11)22-18(27)13-7-8-16(25)21-13/h3-6,13-15,24H,1-2,7-10H2,(H2,20,26)(H,21,25)(H,22,27)/t13-,14+,15-/m0/s1. The molecule has 3 atom stereocenters. The average molecular weight is 388 g/mol. The number of hydrogen-bond acceptors (Lipinski definition) is 5. The minimum atomic E-state index is -0.908. The van der Waals surface area contributed by atoms with Crippen molar-refractivity contribution in [2.24, 2.45) is 5.73 Å². The zero-order valence-electron chi connectivity index (χ0n) is 15.4. The third-order valence-electron chi connectivity index (χ3n) is 5.17. The van der Waals surface area contributed by atoms with Gasteiger partial charge in [-0.15, -0.1) is 0 Å². The summed E-state index contributed by atoms with van der Waals surface area (Å²) in [4.78, 5) is 50.1. The van der Waals surface area contributed by atoms with Gasteiger partial charge in [0.25, 0.3) is 0 Å². The van der Waals surface area contributed by atoms with Gasteiger partial charge in [0.05, 0.1) is 0 Å². The van der Waals surface area contributed by atoms with Gasteiger partial charge in [0.15, 0.2) is 0 Å². The molecule has 2 fully saturated rings. The van der Waals surface area contributed by atoms with Crippen molar-refractivity contribution in [2.45, 2.75) is 50.2 Å². The first-order valence-electron chi connectivity index (χ1n) is 9.32. The van der Waals surface area contributed by atoms with Crippen molar-refractivity contribution in [3.8, 4) is 5.75 Å². The summed E-state index contributed by atoms with van der Waals surface area (Å²) >= 11 is 0. The molecule has 0 radical (unpaired) electrons. The van der Waals surface area contributed by atoms with Crippen LogP contribution in [0.25, 0.3) is 0 Å². The molecule has 28 heavy (non-hydrogen) atoms. The Kier molecular flexibility index (Phi) is 5.81.